The third-order valence-electron chi connectivity index (χ3n) is 4.34. The van der Waals surface area contributed by atoms with Crippen LogP contribution < -0.4 is 5.56 Å². The van der Waals surface area contributed by atoms with Gasteiger partial charge in [-0.15, -0.1) is 0 Å². The predicted octanol–water partition coefficient (Wildman–Crippen LogP) is 1.25. The number of carbonyl (C=O) groups is 1. The zero-order valence-electron chi connectivity index (χ0n) is 11.3. The number of hydrogen-bond donors (Lipinski definition) is 0. The number of piperidine rings is 1. The highest BCUT2D eigenvalue weighted by Crippen LogP contribution is 2.34. The second kappa shape index (κ2) is 4.93. The number of likely N-dealkylation sites (tertiary alicyclic amines) is 1. The first-order chi connectivity index (χ1) is 9.13. The van der Waals surface area contributed by atoms with Crippen LogP contribution in [-0.2, 0) is 11.3 Å². The molecule has 1 aromatic heterocycles. The fourth-order valence-corrected chi connectivity index (χ4v) is 3.49. The van der Waals surface area contributed by atoms with E-state index >= 15 is 0 Å². The Hall–Kier alpha value is -1.42. The van der Waals surface area contributed by atoms with E-state index in [4.69, 9.17) is 0 Å². The summed E-state index contributed by atoms with van der Waals surface area (Å²) in [6.07, 6.45) is 1.82. The molecule has 3 rings (SSSR count). The molecule has 1 fully saturated rings. The van der Waals surface area contributed by atoms with Gasteiger partial charge in [-0.25, -0.2) is 0 Å². The minimum Gasteiger partial charge on any atom is -0.312 e. The SMILES string of the molecule is CC(=O)CCN1C[C@H]2C[C@@H](C1)c1cccc(=O)n1C2. The number of nitrogens with zero attached hydrogens (tertiary/aromatic N) is 2. The monoisotopic (exact) mass is 260 g/mol. The first-order valence-corrected chi connectivity index (χ1v) is 7.05. The van der Waals surface area contributed by atoms with Crippen LogP contribution in [0.5, 0.6) is 0 Å². The number of ketones is 1. The lowest BCUT2D eigenvalue weighted by molar-refractivity contribution is -0.117. The van der Waals surface area contributed by atoms with Gasteiger partial charge in [0.25, 0.3) is 5.56 Å². The van der Waals surface area contributed by atoms with Gasteiger partial charge in [0.15, 0.2) is 0 Å². The summed E-state index contributed by atoms with van der Waals surface area (Å²) in [5.41, 5.74) is 1.31. The minimum atomic E-state index is 0.129. The average molecular weight is 260 g/mol. The van der Waals surface area contributed by atoms with E-state index in [1.165, 1.54) is 12.1 Å². The molecule has 4 nitrogen and oxygen atoms in total. The molecule has 0 spiro atoms. The molecule has 0 aliphatic carbocycles. The Morgan fingerprint density at radius 1 is 1.32 bits per heavy atom. The quantitative estimate of drug-likeness (QED) is 0.821. The summed E-state index contributed by atoms with van der Waals surface area (Å²) < 4.78 is 1.95. The van der Waals surface area contributed by atoms with Gasteiger partial charge in [-0.3, -0.25) is 9.59 Å². The van der Waals surface area contributed by atoms with Crippen molar-refractivity contribution >= 4 is 5.78 Å². The van der Waals surface area contributed by atoms with Crippen LogP contribution in [0, 0.1) is 5.92 Å². The summed E-state index contributed by atoms with van der Waals surface area (Å²) in [5.74, 6) is 1.26. The molecular formula is C15H20N2O2. The first kappa shape index (κ1) is 12.6. The molecular weight excluding hydrogens is 240 g/mol. The smallest absolute Gasteiger partial charge is 0.250 e. The van der Waals surface area contributed by atoms with E-state index in [1.54, 1.807) is 13.0 Å². The Morgan fingerprint density at radius 2 is 2.16 bits per heavy atom. The molecule has 0 saturated carbocycles. The number of aromatic nitrogens is 1. The van der Waals surface area contributed by atoms with Gasteiger partial charge < -0.3 is 9.47 Å². The molecule has 2 aliphatic heterocycles. The van der Waals surface area contributed by atoms with Crippen LogP contribution in [0.1, 0.15) is 31.4 Å². The standard InChI is InChI=1S/C15H20N2O2/c1-11(18)5-6-16-8-12-7-13(10-16)14-3-2-4-15(19)17(14)9-12/h2-4,12-13H,5-10H2,1H3/t12-,13+/m1/s1. The van der Waals surface area contributed by atoms with Crippen LogP contribution in [0.15, 0.2) is 23.0 Å². The van der Waals surface area contributed by atoms with Crippen LogP contribution in [0.4, 0.5) is 0 Å². The molecule has 0 aromatic carbocycles. The Morgan fingerprint density at radius 3 is 2.95 bits per heavy atom. The summed E-state index contributed by atoms with van der Waals surface area (Å²) >= 11 is 0. The van der Waals surface area contributed by atoms with E-state index in [2.05, 4.69) is 11.0 Å². The Labute approximate surface area is 113 Å². The van der Waals surface area contributed by atoms with E-state index in [1.807, 2.05) is 10.6 Å². The van der Waals surface area contributed by atoms with Crippen molar-refractivity contribution in [3.05, 3.63) is 34.2 Å². The second-order valence-electron chi connectivity index (χ2n) is 5.91. The van der Waals surface area contributed by atoms with Gasteiger partial charge in [0, 0.05) is 50.3 Å². The van der Waals surface area contributed by atoms with Crippen molar-refractivity contribution in [2.75, 3.05) is 19.6 Å². The zero-order chi connectivity index (χ0) is 13.4. The number of rotatable bonds is 3. The van der Waals surface area contributed by atoms with Gasteiger partial charge in [-0.05, 0) is 25.3 Å². The van der Waals surface area contributed by atoms with Gasteiger partial charge in [-0.2, -0.15) is 0 Å². The lowest BCUT2D eigenvalue weighted by Crippen LogP contribution is -2.47. The molecule has 2 atom stereocenters. The maximum Gasteiger partial charge on any atom is 0.250 e. The highest BCUT2D eigenvalue weighted by Gasteiger charge is 2.34. The maximum atomic E-state index is 11.9. The molecule has 19 heavy (non-hydrogen) atoms. The third-order valence-corrected chi connectivity index (χ3v) is 4.34. The van der Waals surface area contributed by atoms with Gasteiger partial charge >= 0.3 is 0 Å². The van der Waals surface area contributed by atoms with Crippen LogP contribution in [-0.4, -0.2) is 34.9 Å². The van der Waals surface area contributed by atoms with Crippen molar-refractivity contribution < 1.29 is 4.79 Å². The Kier molecular flexibility index (Phi) is 3.27. The van der Waals surface area contributed by atoms with Crippen molar-refractivity contribution in [2.24, 2.45) is 5.92 Å². The fourth-order valence-electron chi connectivity index (χ4n) is 3.49. The lowest BCUT2D eigenvalue weighted by Gasteiger charge is -2.42. The molecule has 1 aromatic rings. The summed E-state index contributed by atoms with van der Waals surface area (Å²) in [5, 5.41) is 0. The van der Waals surface area contributed by atoms with E-state index in [0.29, 0.717) is 18.3 Å². The van der Waals surface area contributed by atoms with Gasteiger partial charge in [-0.1, -0.05) is 6.07 Å². The van der Waals surface area contributed by atoms with Gasteiger partial charge in [0.2, 0.25) is 0 Å². The van der Waals surface area contributed by atoms with E-state index < -0.39 is 0 Å². The fraction of sp³-hybridized carbons (Fsp3) is 0.600. The molecule has 4 heteroatoms. The average Bonchev–Trinajstić information content (AvgIpc) is 2.38. The molecule has 2 bridgehead atoms. The third kappa shape index (κ3) is 2.50. The van der Waals surface area contributed by atoms with Crippen LogP contribution in [0.2, 0.25) is 0 Å². The topological polar surface area (TPSA) is 42.3 Å². The Bertz CT molecular complexity index is 549. The number of carbonyl (C=O) groups excluding carboxylic acids is 1. The van der Waals surface area contributed by atoms with E-state index in [-0.39, 0.29) is 11.3 Å². The van der Waals surface area contributed by atoms with Crippen molar-refractivity contribution in [1.29, 1.82) is 0 Å². The van der Waals surface area contributed by atoms with Crippen molar-refractivity contribution in [1.82, 2.24) is 9.47 Å². The highest BCUT2D eigenvalue weighted by atomic mass is 16.1. The molecule has 102 valence electrons. The number of hydrogen-bond acceptors (Lipinski definition) is 3. The summed E-state index contributed by atoms with van der Waals surface area (Å²) in [6.45, 7) is 5.35. The van der Waals surface area contributed by atoms with Crippen molar-refractivity contribution in [2.45, 2.75) is 32.2 Å². The van der Waals surface area contributed by atoms with E-state index in [0.717, 1.165) is 26.2 Å². The normalized spacial score (nSPS) is 25.9. The van der Waals surface area contributed by atoms with Crippen molar-refractivity contribution in [3.8, 4) is 0 Å². The van der Waals surface area contributed by atoms with Crippen LogP contribution >= 0.6 is 0 Å². The largest absolute Gasteiger partial charge is 0.312 e. The van der Waals surface area contributed by atoms with Crippen LogP contribution in [0.3, 0.4) is 0 Å². The summed E-state index contributed by atoms with van der Waals surface area (Å²) in [7, 11) is 0. The van der Waals surface area contributed by atoms with Gasteiger partial charge in [0.05, 0.1) is 0 Å². The number of pyridine rings is 1. The number of Topliss-reactive ketones (excluding diaryl/α,β-unsaturated/α-hetero) is 1. The minimum absolute atomic E-state index is 0.129. The summed E-state index contributed by atoms with van der Waals surface area (Å²) in [6, 6.07) is 5.60. The zero-order valence-corrected chi connectivity index (χ0v) is 11.3. The molecule has 2 aliphatic rings. The molecule has 0 N–H and O–H groups in total. The molecule has 0 amide bonds. The maximum absolute atomic E-state index is 11.9. The molecule has 0 unspecified atom stereocenters. The van der Waals surface area contributed by atoms with Crippen molar-refractivity contribution in [3.63, 3.8) is 0 Å². The second-order valence-corrected chi connectivity index (χ2v) is 5.91. The van der Waals surface area contributed by atoms with Crippen LogP contribution in [0.25, 0.3) is 0 Å². The Balaban J connectivity index is 1.80. The first-order valence-electron chi connectivity index (χ1n) is 7.05. The van der Waals surface area contributed by atoms with Gasteiger partial charge in [0.1, 0.15) is 5.78 Å². The summed E-state index contributed by atoms with van der Waals surface area (Å²) in [4.78, 5) is 25.4. The molecule has 1 saturated heterocycles. The highest BCUT2D eigenvalue weighted by molar-refractivity contribution is 5.75. The number of fused-ring (bicyclic) bond motifs is 4. The predicted molar refractivity (Wildman–Crippen MR) is 73.3 cm³/mol. The molecule has 3 heterocycles. The van der Waals surface area contributed by atoms with E-state index in [9.17, 15) is 9.59 Å². The molecule has 0 radical (unpaired) electrons. The lowest BCUT2D eigenvalue weighted by atomic mass is 9.83.